The molecule has 0 aliphatic carbocycles. The molecule has 1 aromatic rings. The third kappa shape index (κ3) is 1.57. The van der Waals surface area contributed by atoms with Gasteiger partial charge >= 0.3 is 0 Å². The molecule has 2 unspecified atom stereocenters. The van der Waals surface area contributed by atoms with Gasteiger partial charge in [-0.25, -0.2) is 0 Å². The third-order valence-electron chi connectivity index (χ3n) is 3.16. The Hall–Kier alpha value is -0.820. The van der Waals surface area contributed by atoms with Crippen molar-refractivity contribution in [3.63, 3.8) is 0 Å². The Morgan fingerprint density at radius 1 is 1.14 bits per heavy atom. The first-order chi connectivity index (χ1) is 6.58. The van der Waals surface area contributed by atoms with Crippen LogP contribution in [0.4, 0.5) is 0 Å². The van der Waals surface area contributed by atoms with Crippen LogP contribution in [-0.2, 0) is 0 Å². The molecule has 2 atom stereocenters. The Morgan fingerprint density at radius 2 is 1.64 bits per heavy atom. The van der Waals surface area contributed by atoms with E-state index in [1.807, 2.05) is 0 Å². The van der Waals surface area contributed by atoms with Gasteiger partial charge < -0.3 is 5.32 Å². The van der Waals surface area contributed by atoms with Crippen LogP contribution in [0.15, 0.2) is 12.1 Å². The summed E-state index contributed by atoms with van der Waals surface area (Å²) in [7, 11) is 0. The molecular formula is C13H19N. The summed E-state index contributed by atoms with van der Waals surface area (Å²) in [5.41, 5.74) is 5.77. The molecular weight excluding hydrogens is 170 g/mol. The second kappa shape index (κ2) is 3.39. The molecule has 1 nitrogen and oxygen atoms in total. The highest BCUT2D eigenvalue weighted by molar-refractivity contribution is 5.40. The average molecular weight is 189 g/mol. The second-order valence-electron chi connectivity index (χ2n) is 4.67. The molecule has 1 heterocycles. The normalized spacial score (nSPS) is 26.0. The zero-order chi connectivity index (χ0) is 10.3. The summed E-state index contributed by atoms with van der Waals surface area (Å²) < 4.78 is 0. The van der Waals surface area contributed by atoms with Crippen molar-refractivity contribution in [1.82, 2.24) is 5.32 Å². The van der Waals surface area contributed by atoms with E-state index >= 15 is 0 Å². The van der Waals surface area contributed by atoms with Gasteiger partial charge in [-0.1, -0.05) is 17.7 Å². The smallest absolute Gasteiger partial charge is 0.0342 e. The maximum absolute atomic E-state index is 3.56. The fraction of sp³-hybridized carbons (Fsp3) is 0.538. The van der Waals surface area contributed by atoms with Crippen molar-refractivity contribution < 1.29 is 0 Å². The van der Waals surface area contributed by atoms with Crippen molar-refractivity contribution in [2.45, 2.75) is 46.2 Å². The molecule has 0 radical (unpaired) electrons. The summed E-state index contributed by atoms with van der Waals surface area (Å²) in [5.74, 6) is 0. The molecule has 1 N–H and O–H groups in total. The zero-order valence-electron chi connectivity index (χ0n) is 9.52. The van der Waals surface area contributed by atoms with E-state index in [1.54, 1.807) is 0 Å². The number of nitrogens with one attached hydrogen (secondary N) is 1. The fourth-order valence-electron chi connectivity index (χ4n) is 2.61. The molecule has 14 heavy (non-hydrogen) atoms. The molecule has 76 valence electrons. The lowest BCUT2D eigenvalue weighted by molar-refractivity contribution is 0.286. The molecule has 0 bridgehead atoms. The van der Waals surface area contributed by atoms with Crippen molar-refractivity contribution in [3.05, 3.63) is 34.4 Å². The Labute approximate surface area is 86.5 Å². The summed E-state index contributed by atoms with van der Waals surface area (Å²) in [6.45, 7) is 8.86. The van der Waals surface area contributed by atoms with Gasteiger partial charge in [0.1, 0.15) is 0 Å². The molecule has 0 spiro atoms. The molecule has 1 aliphatic heterocycles. The summed E-state index contributed by atoms with van der Waals surface area (Å²) in [5, 5.41) is 3.56. The Balaban J connectivity index is 2.33. The largest absolute Gasteiger partial charge is 0.307 e. The molecule has 2 rings (SSSR count). The fourth-order valence-corrected chi connectivity index (χ4v) is 2.61. The van der Waals surface area contributed by atoms with E-state index < -0.39 is 0 Å². The number of rotatable bonds is 1. The van der Waals surface area contributed by atoms with Crippen molar-refractivity contribution >= 4 is 0 Å². The maximum Gasteiger partial charge on any atom is 0.0342 e. The van der Waals surface area contributed by atoms with E-state index in [0.717, 1.165) is 0 Å². The van der Waals surface area contributed by atoms with Gasteiger partial charge in [-0.15, -0.1) is 0 Å². The van der Waals surface area contributed by atoms with E-state index in [2.05, 4.69) is 45.1 Å². The van der Waals surface area contributed by atoms with E-state index in [-0.39, 0.29) is 0 Å². The summed E-state index contributed by atoms with van der Waals surface area (Å²) >= 11 is 0. The zero-order valence-corrected chi connectivity index (χ0v) is 9.52. The van der Waals surface area contributed by atoms with E-state index in [1.165, 1.54) is 28.7 Å². The SMILES string of the molecule is Cc1cc(C)c(C2CC(C)N2)c(C)c1. The topological polar surface area (TPSA) is 12.0 Å². The van der Waals surface area contributed by atoms with Crippen LogP contribution in [0, 0.1) is 20.8 Å². The van der Waals surface area contributed by atoms with Crippen LogP contribution in [-0.4, -0.2) is 6.04 Å². The van der Waals surface area contributed by atoms with Crippen LogP contribution in [0.25, 0.3) is 0 Å². The standard InChI is InChI=1S/C13H19N/c1-8-5-9(2)13(10(3)6-8)12-7-11(4)14-12/h5-6,11-12,14H,7H2,1-4H3. The second-order valence-corrected chi connectivity index (χ2v) is 4.67. The minimum absolute atomic E-state index is 0.602. The van der Waals surface area contributed by atoms with Crippen molar-refractivity contribution in [1.29, 1.82) is 0 Å². The van der Waals surface area contributed by atoms with Gasteiger partial charge in [-0.3, -0.25) is 0 Å². The first-order valence-corrected chi connectivity index (χ1v) is 5.41. The molecule has 1 fully saturated rings. The first-order valence-electron chi connectivity index (χ1n) is 5.41. The number of hydrogen-bond acceptors (Lipinski definition) is 1. The van der Waals surface area contributed by atoms with Gasteiger partial charge in [0.2, 0.25) is 0 Å². The van der Waals surface area contributed by atoms with Crippen LogP contribution in [0.2, 0.25) is 0 Å². The van der Waals surface area contributed by atoms with Crippen LogP contribution in [0.3, 0.4) is 0 Å². The maximum atomic E-state index is 3.56. The first kappa shape index (κ1) is 9.72. The molecule has 1 aromatic carbocycles. The minimum Gasteiger partial charge on any atom is -0.307 e. The van der Waals surface area contributed by atoms with Gasteiger partial charge in [-0.2, -0.15) is 0 Å². The van der Waals surface area contributed by atoms with Crippen LogP contribution in [0.5, 0.6) is 0 Å². The van der Waals surface area contributed by atoms with Gasteiger partial charge in [0.15, 0.2) is 0 Å². The Bertz CT molecular complexity index is 325. The third-order valence-corrected chi connectivity index (χ3v) is 3.16. The van der Waals surface area contributed by atoms with Crippen LogP contribution in [0.1, 0.15) is 41.6 Å². The Kier molecular flexibility index (Phi) is 2.36. The lowest BCUT2D eigenvalue weighted by atomic mass is 9.86. The van der Waals surface area contributed by atoms with Crippen LogP contribution >= 0.6 is 0 Å². The molecule has 1 heteroatoms. The van der Waals surface area contributed by atoms with E-state index in [4.69, 9.17) is 0 Å². The monoisotopic (exact) mass is 189 g/mol. The number of hydrogen-bond donors (Lipinski definition) is 1. The highest BCUT2D eigenvalue weighted by atomic mass is 15.0. The highest BCUT2D eigenvalue weighted by Gasteiger charge is 2.27. The molecule has 1 saturated heterocycles. The quantitative estimate of drug-likeness (QED) is 0.716. The van der Waals surface area contributed by atoms with E-state index in [9.17, 15) is 0 Å². The molecule has 0 saturated carbocycles. The van der Waals surface area contributed by atoms with Crippen molar-refractivity contribution in [3.8, 4) is 0 Å². The van der Waals surface area contributed by atoms with Gasteiger partial charge in [0, 0.05) is 12.1 Å². The summed E-state index contributed by atoms with van der Waals surface area (Å²) in [4.78, 5) is 0. The predicted molar refractivity (Wildman–Crippen MR) is 60.6 cm³/mol. The predicted octanol–water partition coefficient (Wildman–Crippen LogP) is 3.03. The summed E-state index contributed by atoms with van der Waals surface area (Å²) in [6, 6.07) is 5.87. The summed E-state index contributed by atoms with van der Waals surface area (Å²) in [6.07, 6.45) is 1.28. The van der Waals surface area contributed by atoms with E-state index in [0.29, 0.717) is 12.1 Å². The van der Waals surface area contributed by atoms with Crippen molar-refractivity contribution in [2.75, 3.05) is 0 Å². The van der Waals surface area contributed by atoms with Gasteiger partial charge in [0.05, 0.1) is 0 Å². The van der Waals surface area contributed by atoms with Crippen LogP contribution < -0.4 is 5.32 Å². The molecule has 1 aliphatic rings. The average Bonchev–Trinajstić information content (AvgIpc) is 1.99. The lowest BCUT2D eigenvalue weighted by Crippen LogP contribution is -2.44. The van der Waals surface area contributed by atoms with Gasteiger partial charge in [-0.05, 0) is 50.8 Å². The molecule has 0 aromatic heterocycles. The minimum atomic E-state index is 0.602. The van der Waals surface area contributed by atoms with Crippen molar-refractivity contribution in [2.24, 2.45) is 0 Å². The number of benzene rings is 1. The lowest BCUT2D eigenvalue weighted by Gasteiger charge is -2.37. The Morgan fingerprint density at radius 3 is 2.07 bits per heavy atom. The number of aryl methyl sites for hydroxylation is 3. The molecule has 0 amide bonds. The van der Waals surface area contributed by atoms with Gasteiger partial charge in [0.25, 0.3) is 0 Å². The highest BCUT2D eigenvalue weighted by Crippen LogP contribution is 2.32.